The molecule has 13 heteroatoms. The van der Waals surface area contributed by atoms with E-state index in [4.69, 9.17) is 44.3 Å². The van der Waals surface area contributed by atoms with Crippen LogP contribution in [0.3, 0.4) is 0 Å². The third-order valence-electron chi connectivity index (χ3n) is 5.54. The Balaban J connectivity index is 1.47. The van der Waals surface area contributed by atoms with E-state index >= 15 is 0 Å². The molecule has 0 radical (unpaired) electrons. The fraction of sp³-hybridized carbons (Fsp3) is 0.0690. The minimum Gasteiger partial charge on any atom is -0.490 e. The van der Waals surface area contributed by atoms with Crippen molar-refractivity contribution in [1.29, 1.82) is 0 Å². The van der Waals surface area contributed by atoms with E-state index in [2.05, 4.69) is 15.2 Å². The smallest absolute Gasteiger partial charge is 0.345 e. The van der Waals surface area contributed by atoms with E-state index in [1.54, 1.807) is 31.2 Å². The van der Waals surface area contributed by atoms with Crippen molar-refractivity contribution >= 4 is 68.6 Å². The number of hydrazone groups is 1. The zero-order chi connectivity index (χ0) is 30.3. The summed E-state index contributed by atoms with van der Waals surface area (Å²) in [5, 5.41) is 4.88. The van der Waals surface area contributed by atoms with Crippen LogP contribution in [0, 0.1) is 0 Å². The molecular formula is C29H22Cl3N3O6S. The molecule has 0 fully saturated rings. The van der Waals surface area contributed by atoms with Crippen molar-refractivity contribution in [2.45, 2.75) is 11.8 Å². The maximum atomic E-state index is 12.9. The Labute approximate surface area is 257 Å². The second kappa shape index (κ2) is 13.7. The molecule has 9 nitrogen and oxygen atoms in total. The van der Waals surface area contributed by atoms with Gasteiger partial charge < -0.3 is 9.47 Å². The number of hydrogen-bond donors (Lipinski definition) is 2. The highest BCUT2D eigenvalue weighted by atomic mass is 35.5. The highest BCUT2D eigenvalue weighted by Crippen LogP contribution is 2.30. The second-order valence-corrected chi connectivity index (χ2v) is 11.4. The van der Waals surface area contributed by atoms with E-state index < -0.39 is 21.9 Å². The Morgan fingerprint density at radius 3 is 2.29 bits per heavy atom. The largest absolute Gasteiger partial charge is 0.490 e. The summed E-state index contributed by atoms with van der Waals surface area (Å²) in [6, 6.07) is 20.8. The number of amides is 1. The Kier molecular flexibility index (Phi) is 10.1. The molecule has 216 valence electrons. The molecule has 0 aliphatic carbocycles. The molecule has 0 saturated heterocycles. The van der Waals surface area contributed by atoms with Gasteiger partial charge in [0.15, 0.2) is 11.5 Å². The molecule has 4 aromatic carbocycles. The molecule has 0 aliphatic rings. The SMILES string of the molecule is CCOc1cc(/C=N/NC(=O)c2ccccc2NS(=O)(=O)c2ccc(Cl)cc2)ccc1OC(=O)c1ccc(Cl)cc1Cl. The van der Waals surface area contributed by atoms with Crippen LogP contribution in [0.15, 0.2) is 94.9 Å². The predicted octanol–water partition coefficient (Wildman–Crippen LogP) is 6.83. The normalized spacial score (nSPS) is 11.2. The van der Waals surface area contributed by atoms with Gasteiger partial charge in [-0.05, 0) is 85.3 Å². The fourth-order valence-corrected chi connectivity index (χ4v) is 5.27. The quantitative estimate of drug-likeness (QED) is 0.0843. The minimum atomic E-state index is -3.98. The molecule has 0 heterocycles. The number of hydrogen-bond acceptors (Lipinski definition) is 7. The molecule has 42 heavy (non-hydrogen) atoms. The number of nitrogens with one attached hydrogen (secondary N) is 2. The van der Waals surface area contributed by atoms with Gasteiger partial charge in [0.05, 0.1) is 39.6 Å². The van der Waals surface area contributed by atoms with E-state index in [9.17, 15) is 18.0 Å². The third-order valence-corrected chi connectivity index (χ3v) is 7.72. The summed E-state index contributed by atoms with van der Waals surface area (Å²) >= 11 is 17.9. The number of benzene rings is 4. The van der Waals surface area contributed by atoms with Crippen LogP contribution >= 0.6 is 34.8 Å². The standard InChI is InChI=1S/C29H22Cl3N3O6S/c1-2-40-27-15-18(7-14-26(27)41-29(37)22-13-10-20(31)16-24(22)32)17-33-34-28(36)23-5-3-4-6-25(23)35-42(38,39)21-11-8-19(30)9-12-21/h3-17,35H,2H2,1H3,(H,34,36)/b33-17+. The topological polar surface area (TPSA) is 123 Å². The molecule has 0 aromatic heterocycles. The van der Waals surface area contributed by atoms with Crippen LogP contribution in [-0.2, 0) is 10.0 Å². The molecule has 0 spiro atoms. The second-order valence-electron chi connectivity index (χ2n) is 8.46. The number of sulfonamides is 1. The van der Waals surface area contributed by atoms with Gasteiger partial charge in [0.1, 0.15) is 0 Å². The van der Waals surface area contributed by atoms with E-state index in [-0.39, 0.29) is 44.8 Å². The number of carbonyl (C=O) groups is 2. The molecule has 0 saturated carbocycles. The third kappa shape index (κ3) is 7.80. The molecule has 2 N–H and O–H groups in total. The van der Waals surface area contributed by atoms with Crippen molar-refractivity contribution in [2.24, 2.45) is 5.10 Å². The predicted molar refractivity (Wildman–Crippen MR) is 163 cm³/mol. The first kappa shape index (κ1) is 30.9. The summed E-state index contributed by atoms with van der Waals surface area (Å²) in [7, 11) is -3.98. The van der Waals surface area contributed by atoms with Crippen LogP contribution in [0.2, 0.25) is 15.1 Å². The van der Waals surface area contributed by atoms with Gasteiger partial charge in [0.2, 0.25) is 0 Å². The molecule has 4 aromatic rings. The summed E-state index contributed by atoms with van der Waals surface area (Å²) < 4.78 is 39.1. The maximum absolute atomic E-state index is 12.9. The van der Waals surface area contributed by atoms with Crippen molar-refractivity contribution < 1.29 is 27.5 Å². The Hall–Kier alpha value is -4.09. The van der Waals surface area contributed by atoms with Crippen LogP contribution in [0.25, 0.3) is 0 Å². The number of nitrogens with zero attached hydrogens (tertiary/aromatic N) is 1. The molecule has 4 rings (SSSR count). The van der Waals surface area contributed by atoms with E-state index in [1.807, 2.05) is 0 Å². The summed E-state index contributed by atoms with van der Waals surface area (Å²) in [6.45, 7) is 2.05. The van der Waals surface area contributed by atoms with Gasteiger partial charge in [-0.2, -0.15) is 5.10 Å². The summed E-state index contributed by atoms with van der Waals surface area (Å²) in [4.78, 5) is 25.5. The van der Waals surface area contributed by atoms with Gasteiger partial charge in [-0.15, -0.1) is 0 Å². The summed E-state index contributed by atoms with van der Waals surface area (Å²) in [5.74, 6) is -0.947. The highest BCUT2D eigenvalue weighted by molar-refractivity contribution is 7.92. The van der Waals surface area contributed by atoms with Crippen LogP contribution in [0.4, 0.5) is 5.69 Å². The number of anilines is 1. The van der Waals surface area contributed by atoms with Crippen molar-refractivity contribution in [3.05, 3.63) is 117 Å². The molecule has 0 unspecified atom stereocenters. The van der Waals surface area contributed by atoms with Crippen molar-refractivity contribution in [1.82, 2.24) is 5.43 Å². The van der Waals surface area contributed by atoms with Gasteiger partial charge in [0.25, 0.3) is 15.9 Å². The number of esters is 1. The maximum Gasteiger partial charge on any atom is 0.345 e. The number of rotatable bonds is 10. The Morgan fingerprint density at radius 2 is 1.57 bits per heavy atom. The van der Waals surface area contributed by atoms with E-state index in [1.165, 1.54) is 66.9 Å². The van der Waals surface area contributed by atoms with Crippen molar-refractivity contribution in [3.63, 3.8) is 0 Å². The Morgan fingerprint density at radius 1 is 0.857 bits per heavy atom. The monoisotopic (exact) mass is 645 g/mol. The molecule has 0 bridgehead atoms. The first-order chi connectivity index (χ1) is 20.1. The lowest BCUT2D eigenvalue weighted by Crippen LogP contribution is -2.21. The Bertz CT molecular complexity index is 1760. The lowest BCUT2D eigenvalue weighted by molar-refractivity contribution is 0.0728. The zero-order valence-electron chi connectivity index (χ0n) is 21.8. The van der Waals surface area contributed by atoms with Crippen LogP contribution < -0.4 is 19.6 Å². The fourth-order valence-electron chi connectivity index (χ4n) is 3.58. The molecule has 0 aliphatic heterocycles. The van der Waals surface area contributed by atoms with Crippen molar-refractivity contribution in [3.8, 4) is 11.5 Å². The average molecular weight is 647 g/mol. The van der Waals surface area contributed by atoms with E-state index in [0.29, 0.717) is 15.6 Å². The van der Waals surface area contributed by atoms with Gasteiger partial charge in [-0.25, -0.2) is 18.6 Å². The lowest BCUT2D eigenvalue weighted by Gasteiger charge is -2.12. The van der Waals surface area contributed by atoms with E-state index in [0.717, 1.165) is 0 Å². The van der Waals surface area contributed by atoms with Gasteiger partial charge in [-0.3, -0.25) is 9.52 Å². The molecule has 0 atom stereocenters. The summed E-state index contributed by atoms with van der Waals surface area (Å²) in [5.41, 5.74) is 3.13. The first-order valence-corrected chi connectivity index (χ1v) is 14.8. The van der Waals surface area contributed by atoms with Crippen LogP contribution in [0.5, 0.6) is 11.5 Å². The average Bonchev–Trinajstić information content (AvgIpc) is 2.94. The number of para-hydroxylation sites is 1. The minimum absolute atomic E-state index is 0.0179. The lowest BCUT2D eigenvalue weighted by atomic mass is 10.2. The highest BCUT2D eigenvalue weighted by Gasteiger charge is 2.19. The van der Waals surface area contributed by atoms with Crippen LogP contribution in [-0.4, -0.2) is 33.1 Å². The number of carbonyl (C=O) groups excluding carboxylic acids is 2. The van der Waals surface area contributed by atoms with Gasteiger partial charge in [0, 0.05) is 10.0 Å². The zero-order valence-corrected chi connectivity index (χ0v) is 24.9. The van der Waals surface area contributed by atoms with Gasteiger partial charge >= 0.3 is 5.97 Å². The summed E-state index contributed by atoms with van der Waals surface area (Å²) in [6.07, 6.45) is 1.35. The first-order valence-electron chi connectivity index (χ1n) is 12.2. The van der Waals surface area contributed by atoms with Gasteiger partial charge in [-0.1, -0.05) is 46.9 Å². The van der Waals surface area contributed by atoms with Crippen LogP contribution in [0.1, 0.15) is 33.2 Å². The number of ether oxygens (including phenoxy) is 2. The van der Waals surface area contributed by atoms with Crippen molar-refractivity contribution in [2.75, 3.05) is 11.3 Å². The molecular weight excluding hydrogens is 625 g/mol. The molecule has 1 amide bonds. The number of halogens is 3.